The van der Waals surface area contributed by atoms with Crippen LogP contribution in [0, 0.1) is 11.8 Å². The van der Waals surface area contributed by atoms with Crippen molar-refractivity contribution in [2.24, 2.45) is 11.8 Å². The smallest absolute Gasteiger partial charge is 0.254 e. The summed E-state index contributed by atoms with van der Waals surface area (Å²) in [4.78, 5) is 35.8. The maximum Gasteiger partial charge on any atom is 0.254 e. The summed E-state index contributed by atoms with van der Waals surface area (Å²) in [5.74, 6) is 1.62. The van der Waals surface area contributed by atoms with Gasteiger partial charge in [-0.25, -0.2) is 0 Å². The number of likely N-dealkylation sites (N-methyl/N-ethyl adjacent to an activating group) is 1. The van der Waals surface area contributed by atoms with Crippen LogP contribution in [-0.4, -0.2) is 96.4 Å². The van der Waals surface area contributed by atoms with E-state index in [4.69, 9.17) is 0 Å². The second-order valence-electron chi connectivity index (χ2n) is 10.7. The van der Waals surface area contributed by atoms with Crippen molar-refractivity contribution < 1.29 is 9.59 Å². The predicted octanol–water partition coefficient (Wildman–Crippen LogP) is 2.95. The Labute approximate surface area is 198 Å². The minimum atomic E-state index is 0.187. The minimum absolute atomic E-state index is 0.187. The van der Waals surface area contributed by atoms with E-state index in [1.807, 2.05) is 35.2 Å². The Morgan fingerprint density at radius 3 is 2.42 bits per heavy atom. The van der Waals surface area contributed by atoms with Gasteiger partial charge < -0.3 is 14.7 Å². The molecule has 0 radical (unpaired) electrons. The zero-order valence-electron chi connectivity index (χ0n) is 20.2. The number of hydrogen-bond acceptors (Lipinski definition) is 4. The highest BCUT2D eigenvalue weighted by atomic mass is 16.2. The Bertz CT molecular complexity index is 821. The Morgan fingerprint density at radius 1 is 0.939 bits per heavy atom. The zero-order chi connectivity index (χ0) is 22.8. The molecular formula is C27H40N4O2. The minimum Gasteiger partial charge on any atom is -0.340 e. The highest BCUT2D eigenvalue weighted by Gasteiger charge is 2.49. The lowest BCUT2D eigenvalue weighted by Gasteiger charge is -2.57. The zero-order valence-corrected chi connectivity index (χ0v) is 20.2. The number of nitrogens with zero attached hydrogens (tertiary/aromatic N) is 4. The third kappa shape index (κ3) is 4.83. The number of benzene rings is 1. The van der Waals surface area contributed by atoms with Crippen LogP contribution in [0.3, 0.4) is 0 Å². The highest BCUT2D eigenvalue weighted by Crippen LogP contribution is 2.43. The second-order valence-corrected chi connectivity index (χ2v) is 10.7. The number of likely N-dealkylation sites (tertiary alicyclic amines) is 1. The van der Waals surface area contributed by atoms with Crippen molar-refractivity contribution >= 4 is 11.8 Å². The van der Waals surface area contributed by atoms with Crippen molar-refractivity contribution in [3.8, 4) is 0 Å². The van der Waals surface area contributed by atoms with E-state index in [-0.39, 0.29) is 11.9 Å². The molecule has 0 saturated carbocycles. The first kappa shape index (κ1) is 22.9. The fourth-order valence-electron chi connectivity index (χ4n) is 7.02. The number of piperidine rings is 3. The van der Waals surface area contributed by atoms with Gasteiger partial charge in [0.1, 0.15) is 0 Å². The monoisotopic (exact) mass is 452 g/mol. The van der Waals surface area contributed by atoms with Gasteiger partial charge in [0.05, 0.1) is 0 Å². The van der Waals surface area contributed by atoms with Crippen molar-refractivity contribution in [3.05, 3.63) is 35.9 Å². The van der Waals surface area contributed by atoms with Gasteiger partial charge in [-0.15, -0.1) is 0 Å². The van der Waals surface area contributed by atoms with Gasteiger partial charge in [-0.3, -0.25) is 14.5 Å². The van der Waals surface area contributed by atoms with Crippen LogP contribution in [0.4, 0.5) is 0 Å². The molecule has 2 amide bonds. The molecule has 4 aliphatic rings. The van der Waals surface area contributed by atoms with E-state index < -0.39 is 0 Å². The van der Waals surface area contributed by atoms with Gasteiger partial charge in [-0.1, -0.05) is 18.2 Å². The Morgan fingerprint density at radius 2 is 1.67 bits per heavy atom. The molecule has 5 rings (SSSR count). The van der Waals surface area contributed by atoms with Crippen molar-refractivity contribution in [3.63, 3.8) is 0 Å². The van der Waals surface area contributed by atoms with Crippen LogP contribution in [0.25, 0.3) is 0 Å². The molecule has 0 bridgehead atoms. The largest absolute Gasteiger partial charge is 0.340 e. The van der Waals surface area contributed by atoms with E-state index >= 15 is 0 Å². The third-order valence-electron chi connectivity index (χ3n) is 8.70. The van der Waals surface area contributed by atoms with E-state index in [0.717, 1.165) is 51.1 Å². The van der Waals surface area contributed by atoms with Gasteiger partial charge in [0.25, 0.3) is 5.91 Å². The molecule has 0 spiro atoms. The van der Waals surface area contributed by atoms with E-state index in [1.165, 1.54) is 38.8 Å². The van der Waals surface area contributed by atoms with Crippen molar-refractivity contribution in [2.75, 3.05) is 52.9 Å². The molecule has 6 nitrogen and oxygen atoms in total. The number of piperazine rings is 1. The van der Waals surface area contributed by atoms with Crippen LogP contribution < -0.4 is 0 Å². The summed E-state index contributed by atoms with van der Waals surface area (Å²) in [6, 6.07) is 10.7. The standard InChI is InChI=1S/C27H40N4O2/c1-28-16-18-29(19-17-28)25(32)13-5-12-24-23-11-7-15-30-14-6-10-22(26(23)30)20-31(24)27(33)21-8-3-2-4-9-21/h2-4,8-9,22-24,26H,5-7,10-20H2,1H3/t22-,23+,24+,26-/m0/s1. The third-order valence-corrected chi connectivity index (χ3v) is 8.70. The van der Waals surface area contributed by atoms with Crippen LogP contribution >= 0.6 is 0 Å². The van der Waals surface area contributed by atoms with E-state index in [1.54, 1.807) is 0 Å². The molecule has 0 aliphatic carbocycles. The maximum atomic E-state index is 13.7. The Balaban J connectivity index is 1.30. The van der Waals surface area contributed by atoms with Gasteiger partial charge in [-0.05, 0) is 82.6 Å². The normalized spacial score (nSPS) is 30.7. The molecule has 4 fully saturated rings. The van der Waals surface area contributed by atoms with Crippen LogP contribution in [0.15, 0.2) is 30.3 Å². The lowest BCUT2D eigenvalue weighted by atomic mass is 9.69. The van der Waals surface area contributed by atoms with Crippen LogP contribution in [0.2, 0.25) is 0 Å². The summed E-state index contributed by atoms with van der Waals surface area (Å²) < 4.78 is 0. The number of hydrogen-bond donors (Lipinski definition) is 0. The number of amides is 2. The lowest BCUT2D eigenvalue weighted by molar-refractivity contribution is -0.133. The predicted molar refractivity (Wildman–Crippen MR) is 130 cm³/mol. The van der Waals surface area contributed by atoms with Gasteiger partial charge in [0.15, 0.2) is 0 Å². The number of carbonyl (C=O) groups excluding carboxylic acids is 2. The Hall–Kier alpha value is -1.92. The van der Waals surface area contributed by atoms with Gasteiger partial charge in [-0.2, -0.15) is 0 Å². The SMILES string of the molecule is CN1CCN(C(=O)CCC[C@@H]2[C@H]3CCCN4CCC[C@@H](CN2C(=O)c2ccccc2)[C@@H]34)CC1. The highest BCUT2D eigenvalue weighted by molar-refractivity contribution is 5.94. The average Bonchev–Trinajstić information content (AvgIpc) is 2.86. The van der Waals surface area contributed by atoms with Gasteiger partial charge in [0, 0.05) is 56.8 Å². The van der Waals surface area contributed by atoms with Crippen molar-refractivity contribution in [1.82, 2.24) is 19.6 Å². The molecule has 180 valence electrons. The van der Waals surface area contributed by atoms with Crippen LogP contribution in [0.1, 0.15) is 55.3 Å². The molecular weight excluding hydrogens is 412 g/mol. The van der Waals surface area contributed by atoms with Crippen LogP contribution in [0.5, 0.6) is 0 Å². The van der Waals surface area contributed by atoms with Crippen molar-refractivity contribution in [2.45, 2.75) is 57.0 Å². The lowest BCUT2D eigenvalue weighted by Crippen LogP contribution is -2.65. The molecule has 4 heterocycles. The Kier molecular flexibility index (Phi) is 7.02. The summed E-state index contributed by atoms with van der Waals surface area (Å²) in [5, 5.41) is 0. The summed E-state index contributed by atoms with van der Waals surface area (Å²) in [5.41, 5.74) is 0.804. The first-order valence-electron chi connectivity index (χ1n) is 13.2. The summed E-state index contributed by atoms with van der Waals surface area (Å²) in [6.45, 7) is 6.95. The maximum absolute atomic E-state index is 13.7. The molecule has 0 aromatic heterocycles. The summed E-state index contributed by atoms with van der Waals surface area (Å²) in [7, 11) is 2.12. The summed E-state index contributed by atoms with van der Waals surface area (Å²) in [6.07, 6.45) is 7.38. The first-order valence-corrected chi connectivity index (χ1v) is 13.2. The fraction of sp³-hybridized carbons (Fsp3) is 0.704. The molecule has 6 heteroatoms. The fourth-order valence-corrected chi connectivity index (χ4v) is 7.02. The average molecular weight is 453 g/mol. The number of rotatable bonds is 5. The topological polar surface area (TPSA) is 47.1 Å². The molecule has 0 N–H and O–H groups in total. The molecule has 1 aromatic carbocycles. The van der Waals surface area contributed by atoms with E-state index in [0.29, 0.717) is 30.2 Å². The van der Waals surface area contributed by atoms with Gasteiger partial charge in [0.2, 0.25) is 5.91 Å². The quantitative estimate of drug-likeness (QED) is 0.689. The molecule has 1 aromatic rings. The first-order chi connectivity index (χ1) is 16.1. The van der Waals surface area contributed by atoms with E-state index in [2.05, 4.69) is 21.7 Å². The molecule has 4 aliphatic heterocycles. The number of carbonyl (C=O) groups is 2. The second kappa shape index (κ2) is 10.1. The molecule has 33 heavy (non-hydrogen) atoms. The summed E-state index contributed by atoms with van der Waals surface area (Å²) >= 11 is 0. The van der Waals surface area contributed by atoms with Crippen molar-refractivity contribution in [1.29, 1.82) is 0 Å². The molecule has 0 unspecified atom stereocenters. The van der Waals surface area contributed by atoms with Gasteiger partial charge >= 0.3 is 0 Å². The molecule has 4 atom stereocenters. The van der Waals surface area contributed by atoms with E-state index in [9.17, 15) is 9.59 Å². The molecule has 4 saturated heterocycles. The van der Waals surface area contributed by atoms with Crippen LogP contribution in [-0.2, 0) is 4.79 Å².